The Kier molecular flexibility index (Phi) is 9.35. The van der Waals surface area contributed by atoms with Crippen molar-refractivity contribution in [3.63, 3.8) is 0 Å². The molecule has 15 heteroatoms. The molecule has 49 heavy (non-hydrogen) atoms. The Labute approximate surface area is 279 Å². The number of aliphatic hydroxyl groups is 3. The van der Waals surface area contributed by atoms with E-state index < -0.39 is 12.0 Å². The SMILES string of the molecule is CC(N)=O.CCC1c2c(cc(C)nc2-c2cccc(C(=O)Nc3ccn(C(O)(O)O)n3)c2)C(=O)N1c1ccc(-c2c(C)on(C)c2=O)cc1. The minimum absolute atomic E-state index is 0.0110. The number of nitrogens with zero attached hydrogens (tertiary/aromatic N) is 5. The maximum atomic E-state index is 13.9. The first-order valence-electron chi connectivity index (χ1n) is 15.1. The van der Waals surface area contributed by atoms with Crippen molar-refractivity contribution in [2.24, 2.45) is 12.8 Å². The number of carbonyl (C=O) groups excluding carboxylic acids is 3. The third-order valence-electron chi connectivity index (χ3n) is 7.76. The van der Waals surface area contributed by atoms with Gasteiger partial charge in [0.15, 0.2) is 5.82 Å². The summed E-state index contributed by atoms with van der Waals surface area (Å²) >= 11 is 0. The van der Waals surface area contributed by atoms with Crippen LogP contribution in [0.4, 0.5) is 11.5 Å². The number of hydrogen-bond acceptors (Lipinski definition) is 10. The normalized spacial score (nSPS) is 13.9. The average Bonchev–Trinajstić information content (AvgIpc) is 3.70. The first-order chi connectivity index (χ1) is 23.1. The van der Waals surface area contributed by atoms with Crippen molar-refractivity contribution in [3.05, 3.63) is 105 Å². The zero-order valence-corrected chi connectivity index (χ0v) is 27.3. The van der Waals surface area contributed by atoms with E-state index in [-0.39, 0.29) is 34.8 Å². The molecule has 0 radical (unpaired) electrons. The van der Waals surface area contributed by atoms with E-state index in [1.807, 2.05) is 25.1 Å². The van der Waals surface area contributed by atoms with Crippen LogP contribution in [-0.4, -0.2) is 52.5 Å². The fraction of sp³-hybridized carbons (Fsp3) is 0.235. The topological polar surface area (TPSA) is 219 Å². The first kappa shape index (κ1) is 34.4. The predicted molar refractivity (Wildman–Crippen MR) is 178 cm³/mol. The van der Waals surface area contributed by atoms with Crippen molar-refractivity contribution >= 4 is 29.2 Å². The number of pyridine rings is 1. The minimum atomic E-state index is -3.21. The number of benzene rings is 2. The summed E-state index contributed by atoms with van der Waals surface area (Å²) in [5.41, 5.74) is 9.43. The smallest absolute Gasteiger partial charge is 0.381 e. The summed E-state index contributed by atoms with van der Waals surface area (Å²) in [5.74, 6) is -0.545. The third kappa shape index (κ3) is 6.89. The molecule has 254 valence electrons. The maximum absolute atomic E-state index is 13.9. The van der Waals surface area contributed by atoms with Gasteiger partial charge in [0.1, 0.15) is 5.76 Å². The van der Waals surface area contributed by atoms with Crippen LogP contribution < -0.4 is 21.5 Å². The lowest BCUT2D eigenvalue weighted by molar-refractivity contribution is -0.380. The number of hydrogen-bond donors (Lipinski definition) is 5. The van der Waals surface area contributed by atoms with E-state index in [1.165, 1.54) is 17.7 Å². The highest BCUT2D eigenvalue weighted by atomic mass is 16.7. The molecule has 0 spiro atoms. The van der Waals surface area contributed by atoms with Crippen LogP contribution in [0.3, 0.4) is 0 Å². The lowest BCUT2D eigenvalue weighted by Gasteiger charge is -2.25. The van der Waals surface area contributed by atoms with Crippen LogP contribution >= 0.6 is 0 Å². The van der Waals surface area contributed by atoms with Crippen LogP contribution in [0.15, 0.2) is 76.2 Å². The van der Waals surface area contributed by atoms with Gasteiger partial charge in [-0.3, -0.25) is 24.2 Å². The monoisotopic (exact) mass is 669 g/mol. The van der Waals surface area contributed by atoms with E-state index in [9.17, 15) is 34.5 Å². The number of primary amides is 1. The fourth-order valence-corrected chi connectivity index (χ4v) is 5.77. The summed E-state index contributed by atoms with van der Waals surface area (Å²) in [5, 5.41) is 34.2. The molecule has 0 aliphatic carbocycles. The number of aryl methyl sites for hydroxylation is 3. The zero-order valence-electron chi connectivity index (χ0n) is 27.3. The molecule has 1 aliphatic rings. The Morgan fingerprint density at radius 3 is 2.27 bits per heavy atom. The van der Waals surface area contributed by atoms with E-state index in [0.29, 0.717) is 56.2 Å². The van der Waals surface area contributed by atoms with Crippen LogP contribution in [0.5, 0.6) is 0 Å². The molecule has 0 saturated heterocycles. The predicted octanol–water partition coefficient (Wildman–Crippen LogP) is 2.92. The number of anilines is 2. The van der Waals surface area contributed by atoms with Gasteiger partial charge in [-0.1, -0.05) is 31.2 Å². The summed E-state index contributed by atoms with van der Waals surface area (Å²) in [6, 6.07) is 16.7. The Morgan fingerprint density at radius 1 is 1.02 bits per heavy atom. The van der Waals surface area contributed by atoms with Crippen molar-refractivity contribution in [3.8, 4) is 22.4 Å². The molecule has 0 saturated carbocycles. The Morgan fingerprint density at radius 2 is 1.69 bits per heavy atom. The second-order valence-electron chi connectivity index (χ2n) is 11.4. The van der Waals surface area contributed by atoms with Crippen LogP contribution in [0.25, 0.3) is 22.4 Å². The van der Waals surface area contributed by atoms with Gasteiger partial charge in [0.2, 0.25) is 5.91 Å². The van der Waals surface area contributed by atoms with Gasteiger partial charge in [0.05, 0.1) is 17.3 Å². The van der Waals surface area contributed by atoms with Crippen LogP contribution in [0, 0.1) is 13.8 Å². The summed E-state index contributed by atoms with van der Waals surface area (Å²) in [6.45, 7) is 6.83. The molecular formula is C34H35N7O8. The standard InChI is InChI=1S/C32H30N6O7.C2H5NO/c1-5-24-27-23(30(40)38(24)22-11-9-19(10-12-22)26-18(3)45-36(4)31(26)41)15-17(2)33-28(27)20-7-6-8-21(16-20)29(39)34-25-13-14-37(35-25)32(42,43)44;1-2(3)4/h6-16,24,42-44H,5H2,1-4H3,(H,34,35,39);1H3,(H2,3,4). The number of fused-ring (bicyclic) bond motifs is 1. The third-order valence-corrected chi connectivity index (χ3v) is 7.76. The molecule has 6 rings (SSSR count). The molecule has 1 atom stereocenters. The van der Waals surface area contributed by atoms with Gasteiger partial charge < -0.3 is 35.8 Å². The first-order valence-corrected chi connectivity index (χ1v) is 15.1. The number of nitrogens with one attached hydrogen (secondary N) is 1. The van der Waals surface area contributed by atoms with E-state index >= 15 is 0 Å². The Bertz CT molecular complexity index is 2120. The largest absolute Gasteiger partial charge is 0.389 e. The Balaban J connectivity index is 0.00000111. The van der Waals surface area contributed by atoms with Gasteiger partial charge >= 0.3 is 6.10 Å². The molecule has 1 aliphatic heterocycles. The van der Waals surface area contributed by atoms with Gasteiger partial charge in [0, 0.05) is 59.9 Å². The average molecular weight is 670 g/mol. The number of carbonyl (C=O) groups is 3. The van der Waals surface area contributed by atoms with Crippen molar-refractivity contribution in [2.45, 2.75) is 46.3 Å². The molecule has 1 unspecified atom stereocenters. The fourth-order valence-electron chi connectivity index (χ4n) is 5.77. The molecular weight excluding hydrogens is 634 g/mol. The number of nitrogens with two attached hydrogens (primary N) is 1. The summed E-state index contributed by atoms with van der Waals surface area (Å²) in [4.78, 5) is 55.3. The van der Waals surface area contributed by atoms with Gasteiger partial charge in [-0.25, -0.2) is 0 Å². The molecule has 0 bridgehead atoms. The summed E-state index contributed by atoms with van der Waals surface area (Å²) in [6.07, 6.45) is -1.53. The van der Waals surface area contributed by atoms with Crippen LogP contribution in [-0.2, 0) is 17.9 Å². The zero-order chi connectivity index (χ0) is 35.8. The summed E-state index contributed by atoms with van der Waals surface area (Å²) < 4.78 is 7.09. The van der Waals surface area contributed by atoms with Gasteiger partial charge in [-0.15, -0.1) is 5.10 Å². The van der Waals surface area contributed by atoms with Crippen molar-refractivity contribution in [1.29, 1.82) is 0 Å². The quantitative estimate of drug-likeness (QED) is 0.160. The number of rotatable bonds is 7. The van der Waals surface area contributed by atoms with E-state index in [0.717, 1.165) is 11.8 Å². The summed E-state index contributed by atoms with van der Waals surface area (Å²) in [7, 11) is 1.56. The highest BCUT2D eigenvalue weighted by Gasteiger charge is 2.39. The molecule has 6 N–H and O–H groups in total. The van der Waals surface area contributed by atoms with Crippen molar-refractivity contribution in [2.75, 3.05) is 10.2 Å². The molecule has 3 aromatic heterocycles. The van der Waals surface area contributed by atoms with Gasteiger partial charge in [-0.05, 0) is 56.2 Å². The number of aromatic nitrogens is 4. The van der Waals surface area contributed by atoms with E-state index in [2.05, 4.69) is 16.1 Å². The lowest BCUT2D eigenvalue weighted by atomic mass is 9.95. The molecule has 2 aromatic carbocycles. The Hall–Kier alpha value is -5.90. The van der Waals surface area contributed by atoms with Crippen LogP contribution in [0.2, 0.25) is 0 Å². The molecule has 4 heterocycles. The van der Waals surface area contributed by atoms with Gasteiger partial charge in [-0.2, -0.15) is 9.42 Å². The maximum Gasteiger partial charge on any atom is 0.389 e. The molecule has 15 nitrogen and oxygen atoms in total. The van der Waals surface area contributed by atoms with E-state index in [1.54, 1.807) is 62.2 Å². The lowest BCUT2D eigenvalue weighted by Crippen LogP contribution is -2.32. The van der Waals surface area contributed by atoms with Crippen molar-refractivity contribution < 1.29 is 34.2 Å². The molecule has 3 amide bonds. The second-order valence-corrected chi connectivity index (χ2v) is 11.4. The molecule has 0 fully saturated rings. The highest BCUT2D eigenvalue weighted by molar-refractivity contribution is 6.12. The number of amides is 3. The second kappa shape index (κ2) is 13.3. The van der Waals surface area contributed by atoms with Crippen molar-refractivity contribution in [1.82, 2.24) is 19.5 Å². The highest BCUT2D eigenvalue weighted by Crippen LogP contribution is 2.44. The molecule has 5 aromatic rings. The van der Waals surface area contributed by atoms with E-state index in [4.69, 9.17) is 9.51 Å². The van der Waals surface area contributed by atoms with Gasteiger partial charge in [0.25, 0.3) is 17.4 Å². The van der Waals surface area contributed by atoms with Crippen LogP contribution in [0.1, 0.15) is 64.0 Å². The minimum Gasteiger partial charge on any atom is -0.381 e.